The Bertz CT molecular complexity index is 894. The van der Waals surface area contributed by atoms with Gasteiger partial charge in [0.1, 0.15) is 11.5 Å². The van der Waals surface area contributed by atoms with E-state index >= 15 is 0 Å². The first-order valence-corrected chi connectivity index (χ1v) is 7.03. The minimum Gasteiger partial charge on any atom is -0.303 e. The van der Waals surface area contributed by atoms with E-state index in [4.69, 9.17) is 5.26 Å². The van der Waals surface area contributed by atoms with Gasteiger partial charge in [0.25, 0.3) is 5.56 Å². The van der Waals surface area contributed by atoms with E-state index in [0.29, 0.717) is 0 Å². The average Bonchev–Trinajstić information content (AvgIpc) is 2.46. The van der Waals surface area contributed by atoms with Crippen molar-refractivity contribution in [3.63, 3.8) is 0 Å². The van der Waals surface area contributed by atoms with E-state index in [2.05, 4.69) is 15.9 Å². The molecule has 10 heteroatoms. The van der Waals surface area contributed by atoms with Gasteiger partial charge in [0.05, 0.1) is 17.3 Å². The Morgan fingerprint density at radius 1 is 1.26 bits per heavy atom. The lowest BCUT2D eigenvalue weighted by atomic mass is 10.1. The molecule has 2 rings (SSSR count). The number of alkyl halides is 4. The van der Waals surface area contributed by atoms with Gasteiger partial charge in [0.2, 0.25) is 0 Å². The van der Waals surface area contributed by atoms with E-state index in [1.165, 1.54) is 4.98 Å². The molecule has 1 aromatic carbocycles. The summed E-state index contributed by atoms with van der Waals surface area (Å²) in [5, 5.41) is 8.99. The van der Waals surface area contributed by atoms with Gasteiger partial charge >= 0.3 is 11.9 Å². The van der Waals surface area contributed by atoms with Gasteiger partial charge in [0.15, 0.2) is 0 Å². The fourth-order valence-electron chi connectivity index (χ4n) is 1.87. The molecule has 0 amide bonds. The zero-order valence-electron chi connectivity index (χ0n) is 11.0. The molecule has 0 aliphatic heterocycles. The van der Waals surface area contributed by atoms with Crippen LogP contribution in [0.25, 0.3) is 5.69 Å². The van der Waals surface area contributed by atoms with Crippen LogP contribution in [0.1, 0.15) is 16.8 Å². The number of aromatic nitrogens is 2. The van der Waals surface area contributed by atoms with Crippen LogP contribution in [0.15, 0.2) is 27.8 Å². The Morgan fingerprint density at radius 3 is 2.39 bits per heavy atom. The highest BCUT2D eigenvalue weighted by Gasteiger charge is 2.33. The molecule has 5 nitrogen and oxygen atoms in total. The van der Waals surface area contributed by atoms with Crippen LogP contribution < -0.4 is 11.2 Å². The highest BCUT2D eigenvalue weighted by atomic mass is 79.9. The summed E-state index contributed by atoms with van der Waals surface area (Å²) < 4.78 is 51.9. The van der Waals surface area contributed by atoms with Gasteiger partial charge < -0.3 is 4.98 Å². The summed E-state index contributed by atoms with van der Waals surface area (Å²) in [6, 6.07) is 3.74. The average molecular weight is 392 g/mol. The quantitative estimate of drug-likeness (QED) is 0.630. The van der Waals surface area contributed by atoms with E-state index in [1.807, 2.05) is 0 Å². The maximum Gasteiger partial charge on any atom is 0.431 e. The fraction of sp³-hybridized carbons (Fsp3) is 0.154. The molecule has 0 saturated carbocycles. The predicted molar refractivity (Wildman–Crippen MR) is 75.0 cm³/mol. The van der Waals surface area contributed by atoms with Crippen molar-refractivity contribution in [1.82, 2.24) is 9.55 Å². The second kappa shape index (κ2) is 6.00. The lowest BCUT2D eigenvalue weighted by Gasteiger charge is -2.11. The van der Waals surface area contributed by atoms with Crippen molar-refractivity contribution in [1.29, 1.82) is 5.26 Å². The van der Waals surface area contributed by atoms with Crippen LogP contribution in [0.2, 0.25) is 0 Å². The molecule has 0 radical (unpaired) electrons. The van der Waals surface area contributed by atoms with Crippen molar-refractivity contribution < 1.29 is 17.6 Å². The number of rotatable bonds is 2. The Hall–Kier alpha value is -2.41. The van der Waals surface area contributed by atoms with Crippen molar-refractivity contribution in [2.24, 2.45) is 0 Å². The first-order valence-electron chi connectivity index (χ1n) is 5.91. The number of aromatic amines is 1. The summed E-state index contributed by atoms with van der Waals surface area (Å²) in [5.41, 5.74) is -4.61. The third-order valence-corrected chi connectivity index (χ3v) is 3.52. The van der Waals surface area contributed by atoms with Crippen LogP contribution in [0.4, 0.5) is 17.6 Å². The zero-order chi connectivity index (χ0) is 17.4. The van der Waals surface area contributed by atoms with Gasteiger partial charge in [0, 0.05) is 11.4 Å². The lowest BCUT2D eigenvalue weighted by Crippen LogP contribution is -2.36. The highest BCUT2D eigenvalue weighted by molar-refractivity contribution is 9.08. The van der Waals surface area contributed by atoms with E-state index in [0.717, 1.165) is 12.1 Å². The molecule has 0 saturated heterocycles. The Kier molecular flexibility index (Phi) is 4.42. The van der Waals surface area contributed by atoms with E-state index < -0.39 is 34.6 Å². The number of nitrogens with zero attached hydrogens (tertiary/aromatic N) is 2. The standard InChI is InChI=1S/C13H6BrF4N3O2/c14-4-6-2-9(8(15)1-7(6)5-19)21-11(22)3-10(13(16,17)18)20-12(21)23/h1-3H,4H2,(H,20,23). The Balaban J connectivity index is 2.77. The van der Waals surface area contributed by atoms with E-state index in [1.54, 1.807) is 6.07 Å². The lowest BCUT2D eigenvalue weighted by molar-refractivity contribution is -0.141. The molecule has 0 bridgehead atoms. The van der Waals surface area contributed by atoms with Crippen LogP contribution in [-0.2, 0) is 11.5 Å². The summed E-state index contributed by atoms with van der Waals surface area (Å²) >= 11 is 3.06. The molecule has 0 aliphatic rings. The van der Waals surface area contributed by atoms with Crippen LogP contribution in [-0.4, -0.2) is 9.55 Å². The number of H-pyrrole nitrogens is 1. The molecule has 1 heterocycles. The number of hydrogen-bond donors (Lipinski definition) is 1. The highest BCUT2D eigenvalue weighted by Crippen LogP contribution is 2.26. The van der Waals surface area contributed by atoms with Crippen molar-refractivity contribution in [3.8, 4) is 11.8 Å². The monoisotopic (exact) mass is 391 g/mol. The number of nitrogens with one attached hydrogen (secondary N) is 1. The summed E-state index contributed by atoms with van der Waals surface area (Å²) in [7, 11) is 0. The fourth-order valence-corrected chi connectivity index (χ4v) is 2.33. The molecule has 2 aromatic rings. The second-order valence-electron chi connectivity index (χ2n) is 4.37. The molecule has 120 valence electrons. The van der Waals surface area contributed by atoms with Crippen molar-refractivity contribution in [3.05, 3.63) is 61.7 Å². The second-order valence-corrected chi connectivity index (χ2v) is 4.93. The molecule has 0 atom stereocenters. The predicted octanol–water partition coefficient (Wildman–Crippen LogP) is 2.45. The first-order chi connectivity index (χ1) is 10.7. The van der Waals surface area contributed by atoms with Crippen molar-refractivity contribution >= 4 is 15.9 Å². The molecular weight excluding hydrogens is 386 g/mol. The van der Waals surface area contributed by atoms with Crippen LogP contribution in [0.3, 0.4) is 0 Å². The van der Waals surface area contributed by atoms with E-state index in [9.17, 15) is 27.2 Å². The third kappa shape index (κ3) is 3.19. The molecule has 0 fully saturated rings. The van der Waals surface area contributed by atoms with Gasteiger partial charge in [-0.25, -0.2) is 13.8 Å². The summed E-state index contributed by atoms with van der Waals surface area (Å²) in [6.07, 6.45) is -4.92. The minimum atomic E-state index is -4.92. The maximum atomic E-state index is 14.0. The van der Waals surface area contributed by atoms with Crippen LogP contribution in [0, 0.1) is 17.1 Å². The molecule has 0 aliphatic carbocycles. The molecule has 1 aromatic heterocycles. The number of hydrogen-bond acceptors (Lipinski definition) is 3. The number of halogens is 5. The van der Waals surface area contributed by atoms with Gasteiger partial charge in [-0.15, -0.1) is 0 Å². The largest absolute Gasteiger partial charge is 0.431 e. The topological polar surface area (TPSA) is 78.7 Å². The van der Waals surface area contributed by atoms with Gasteiger partial charge in [-0.05, 0) is 17.7 Å². The zero-order valence-corrected chi connectivity index (χ0v) is 12.6. The van der Waals surface area contributed by atoms with Gasteiger partial charge in [-0.2, -0.15) is 18.4 Å². The van der Waals surface area contributed by atoms with Gasteiger partial charge in [-0.1, -0.05) is 15.9 Å². The SMILES string of the molecule is N#Cc1cc(F)c(-n2c(=O)cc(C(F)(F)F)[nH]c2=O)cc1CBr. The van der Waals surface area contributed by atoms with Crippen molar-refractivity contribution in [2.45, 2.75) is 11.5 Å². The minimum absolute atomic E-state index is 0.0282. The first kappa shape index (κ1) is 17.0. The molecule has 1 N–H and O–H groups in total. The molecule has 0 unspecified atom stereocenters. The number of benzene rings is 1. The summed E-state index contributed by atoms with van der Waals surface area (Å²) in [4.78, 5) is 25.1. The molecule has 0 spiro atoms. The maximum absolute atomic E-state index is 14.0. The normalized spacial score (nSPS) is 11.3. The van der Waals surface area contributed by atoms with E-state index in [-0.39, 0.29) is 27.1 Å². The third-order valence-electron chi connectivity index (χ3n) is 2.92. The number of nitriles is 1. The van der Waals surface area contributed by atoms with Crippen LogP contribution in [0.5, 0.6) is 0 Å². The Morgan fingerprint density at radius 2 is 1.91 bits per heavy atom. The smallest absolute Gasteiger partial charge is 0.303 e. The molecular formula is C13H6BrF4N3O2. The summed E-state index contributed by atoms with van der Waals surface area (Å²) in [6.45, 7) is 0. The summed E-state index contributed by atoms with van der Waals surface area (Å²) in [5.74, 6) is -1.08. The Labute approximate surface area is 133 Å². The molecule has 23 heavy (non-hydrogen) atoms. The van der Waals surface area contributed by atoms with Crippen molar-refractivity contribution in [2.75, 3.05) is 0 Å². The van der Waals surface area contributed by atoms with Crippen LogP contribution >= 0.6 is 15.9 Å². The van der Waals surface area contributed by atoms with Gasteiger partial charge in [-0.3, -0.25) is 4.79 Å².